The van der Waals surface area contributed by atoms with Crippen LogP contribution >= 0.6 is 0 Å². The van der Waals surface area contributed by atoms with Crippen molar-refractivity contribution in [2.45, 2.75) is 46.5 Å². The van der Waals surface area contributed by atoms with E-state index in [2.05, 4.69) is 0 Å². The van der Waals surface area contributed by atoms with Crippen LogP contribution in [0.2, 0.25) is 0 Å². The van der Waals surface area contributed by atoms with Gasteiger partial charge in [0.15, 0.2) is 0 Å². The van der Waals surface area contributed by atoms with Gasteiger partial charge in [0.25, 0.3) is 0 Å². The molecule has 4 heteroatoms. The van der Waals surface area contributed by atoms with Crippen molar-refractivity contribution >= 4 is 11.9 Å². The van der Waals surface area contributed by atoms with Gasteiger partial charge in [-0.25, -0.2) is 0 Å². The molecule has 0 saturated heterocycles. The number of carboxylic acids is 1. The highest BCUT2D eigenvalue weighted by atomic mass is 16.5. The second-order valence-electron chi connectivity index (χ2n) is 5.99. The molecular formula is C17H22O4. The fourth-order valence-corrected chi connectivity index (χ4v) is 2.83. The number of hydrogen-bond acceptors (Lipinski definition) is 3. The van der Waals surface area contributed by atoms with Crippen molar-refractivity contribution in [1.29, 1.82) is 0 Å². The number of rotatable bonds is 3. The molecule has 0 amide bonds. The summed E-state index contributed by atoms with van der Waals surface area (Å²) in [4.78, 5) is 23.1. The first kappa shape index (κ1) is 15.5. The number of carbonyl (C=O) groups excluding carboxylic acids is 1. The smallest absolute Gasteiger partial charge is 0.314 e. The Bertz CT molecular complexity index is 531. The minimum Gasteiger partial charge on any atom is -0.481 e. The third-order valence-electron chi connectivity index (χ3n) is 4.53. The van der Waals surface area contributed by atoms with Crippen LogP contribution in [0, 0.1) is 32.6 Å². The Kier molecular flexibility index (Phi) is 4.66. The molecule has 0 spiro atoms. The van der Waals surface area contributed by atoms with E-state index >= 15 is 0 Å². The third kappa shape index (κ3) is 3.63. The second kappa shape index (κ2) is 6.29. The topological polar surface area (TPSA) is 63.6 Å². The van der Waals surface area contributed by atoms with Gasteiger partial charge in [0.1, 0.15) is 5.75 Å². The quantitative estimate of drug-likeness (QED) is 0.684. The Morgan fingerprint density at radius 3 is 1.95 bits per heavy atom. The van der Waals surface area contributed by atoms with Gasteiger partial charge in [-0.05, 0) is 75.3 Å². The predicted octanol–water partition coefficient (Wildman–Crippen LogP) is 3.41. The molecule has 0 heterocycles. The number of hydrogen-bond donors (Lipinski definition) is 1. The summed E-state index contributed by atoms with van der Waals surface area (Å²) in [5.41, 5.74) is 3.41. The first-order valence-electron chi connectivity index (χ1n) is 7.41. The van der Waals surface area contributed by atoms with E-state index in [4.69, 9.17) is 9.84 Å². The standard InChI is InChI=1S/C17H22O4/c1-10-8-15(9-11(2)12(10)3)21-17(20)14-6-4-13(5-7-14)16(18)19/h8-9,13-14H,4-7H2,1-3H3,(H,18,19). The Balaban J connectivity index is 1.98. The van der Waals surface area contributed by atoms with E-state index < -0.39 is 5.97 Å². The van der Waals surface area contributed by atoms with Gasteiger partial charge in [-0.15, -0.1) is 0 Å². The van der Waals surface area contributed by atoms with Crippen LogP contribution < -0.4 is 4.74 Å². The SMILES string of the molecule is Cc1cc(OC(=O)C2CCC(C(=O)O)CC2)cc(C)c1C. The molecule has 0 atom stereocenters. The minimum absolute atomic E-state index is 0.178. The van der Waals surface area contributed by atoms with Crippen molar-refractivity contribution in [1.82, 2.24) is 0 Å². The molecule has 4 nitrogen and oxygen atoms in total. The van der Waals surface area contributed by atoms with Crippen LogP contribution in [0.5, 0.6) is 5.75 Å². The van der Waals surface area contributed by atoms with Crippen LogP contribution in [0.15, 0.2) is 12.1 Å². The van der Waals surface area contributed by atoms with Crippen LogP contribution in [0.4, 0.5) is 0 Å². The van der Waals surface area contributed by atoms with Crippen LogP contribution in [-0.4, -0.2) is 17.0 Å². The van der Waals surface area contributed by atoms with E-state index in [9.17, 15) is 9.59 Å². The molecular weight excluding hydrogens is 268 g/mol. The van der Waals surface area contributed by atoms with E-state index in [1.54, 1.807) is 0 Å². The average molecular weight is 290 g/mol. The third-order valence-corrected chi connectivity index (χ3v) is 4.53. The van der Waals surface area contributed by atoms with E-state index in [1.165, 1.54) is 5.56 Å². The molecule has 1 aliphatic carbocycles. The summed E-state index contributed by atoms with van der Waals surface area (Å²) in [5, 5.41) is 8.97. The largest absolute Gasteiger partial charge is 0.481 e. The number of carbonyl (C=O) groups is 2. The first-order valence-corrected chi connectivity index (χ1v) is 7.41. The zero-order valence-electron chi connectivity index (χ0n) is 12.8. The number of aryl methyl sites for hydroxylation is 2. The summed E-state index contributed by atoms with van der Waals surface area (Å²) in [7, 11) is 0. The molecule has 1 saturated carbocycles. The van der Waals surface area contributed by atoms with Gasteiger partial charge in [0, 0.05) is 0 Å². The molecule has 0 aliphatic heterocycles. The first-order chi connectivity index (χ1) is 9.88. The monoisotopic (exact) mass is 290 g/mol. The molecule has 1 fully saturated rings. The average Bonchev–Trinajstić information content (AvgIpc) is 2.44. The number of aliphatic carboxylic acids is 1. The highest BCUT2D eigenvalue weighted by molar-refractivity contribution is 5.76. The normalized spacial score (nSPS) is 21.9. The lowest BCUT2D eigenvalue weighted by molar-refractivity contribution is -0.146. The highest BCUT2D eigenvalue weighted by Crippen LogP contribution is 2.30. The maximum atomic E-state index is 12.2. The van der Waals surface area contributed by atoms with Crippen molar-refractivity contribution in [3.05, 3.63) is 28.8 Å². The second-order valence-corrected chi connectivity index (χ2v) is 5.99. The summed E-state index contributed by atoms with van der Waals surface area (Å²) in [5.74, 6) is -0.894. The maximum Gasteiger partial charge on any atom is 0.314 e. The lowest BCUT2D eigenvalue weighted by Crippen LogP contribution is -2.28. The summed E-state index contributed by atoms with van der Waals surface area (Å²) >= 11 is 0. The van der Waals surface area contributed by atoms with Gasteiger partial charge < -0.3 is 9.84 Å². The molecule has 1 aromatic carbocycles. The van der Waals surface area contributed by atoms with Crippen molar-refractivity contribution in [2.75, 3.05) is 0 Å². The highest BCUT2D eigenvalue weighted by Gasteiger charge is 2.30. The summed E-state index contributed by atoms with van der Waals surface area (Å²) in [6.45, 7) is 6.04. The Hall–Kier alpha value is -1.84. The van der Waals surface area contributed by atoms with Crippen molar-refractivity contribution in [3.63, 3.8) is 0 Å². The summed E-state index contributed by atoms with van der Waals surface area (Å²) in [6.07, 6.45) is 2.31. The lowest BCUT2D eigenvalue weighted by atomic mass is 9.82. The molecule has 0 bridgehead atoms. The van der Waals surface area contributed by atoms with Gasteiger partial charge >= 0.3 is 11.9 Å². The van der Waals surface area contributed by atoms with Crippen LogP contribution in [0.3, 0.4) is 0 Å². The van der Waals surface area contributed by atoms with E-state index in [-0.39, 0.29) is 17.8 Å². The van der Waals surface area contributed by atoms with Gasteiger partial charge in [0.2, 0.25) is 0 Å². The minimum atomic E-state index is -0.758. The fourth-order valence-electron chi connectivity index (χ4n) is 2.83. The Morgan fingerprint density at radius 1 is 1.00 bits per heavy atom. The fraction of sp³-hybridized carbons (Fsp3) is 0.529. The molecule has 1 N–H and O–H groups in total. The number of esters is 1. The van der Waals surface area contributed by atoms with Crippen LogP contribution in [-0.2, 0) is 9.59 Å². The van der Waals surface area contributed by atoms with Crippen molar-refractivity contribution in [2.24, 2.45) is 11.8 Å². The van der Waals surface area contributed by atoms with Crippen molar-refractivity contribution < 1.29 is 19.4 Å². The molecule has 0 aromatic heterocycles. The van der Waals surface area contributed by atoms with Gasteiger partial charge in [-0.3, -0.25) is 9.59 Å². The predicted molar refractivity (Wildman–Crippen MR) is 79.4 cm³/mol. The molecule has 21 heavy (non-hydrogen) atoms. The van der Waals surface area contributed by atoms with E-state index in [0.717, 1.165) is 11.1 Å². The van der Waals surface area contributed by atoms with Gasteiger partial charge in [0.05, 0.1) is 11.8 Å². The zero-order chi connectivity index (χ0) is 15.6. The molecule has 1 aliphatic rings. The zero-order valence-corrected chi connectivity index (χ0v) is 12.8. The number of carboxylic acid groups (broad SMARTS) is 1. The van der Waals surface area contributed by atoms with Crippen LogP contribution in [0.1, 0.15) is 42.4 Å². The van der Waals surface area contributed by atoms with Crippen molar-refractivity contribution in [3.8, 4) is 5.75 Å². The van der Waals surface area contributed by atoms with E-state index in [0.29, 0.717) is 31.4 Å². The van der Waals surface area contributed by atoms with E-state index in [1.807, 2.05) is 32.9 Å². The van der Waals surface area contributed by atoms with Crippen LogP contribution in [0.25, 0.3) is 0 Å². The lowest BCUT2D eigenvalue weighted by Gasteiger charge is -2.24. The summed E-state index contributed by atoms with van der Waals surface area (Å²) in [6, 6.07) is 3.76. The molecule has 0 radical (unpaired) electrons. The maximum absolute atomic E-state index is 12.2. The van der Waals surface area contributed by atoms with Gasteiger partial charge in [-0.1, -0.05) is 0 Å². The molecule has 114 valence electrons. The van der Waals surface area contributed by atoms with Gasteiger partial charge in [-0.2, -0.15) is 0 Å². The number of ether oxygens (including phenoxy) is 1. The molecule has 2 rings (SSSR count). The number of benzene rings is 1. The Morgan fingerprint density at radius 2 is 1.48 bits per heavy atom. The molecule has 1 aromatic rings. The summed E-state index contributed by atoms with van der Waals surface area (Å²) < 4.78 is 5.48. The Labute approximate surface area is 125 Å². The molecule has 0 unspecified atom stereocenters.